The number of nitrogens with zero attached hydrogens (tertiary/aromatic N) is 3. The summed E-state index contributed by atoms with van der Waals surface area (Å²) in [5.74, 6) is 0. The van der Waals surface area contributed by atoms with Gasteiger partial charge in [0.25, 0.3) is 11.2 Å². The first-order valence-corrected chi connectivity index (χ1v) is 12.2. The molecule has 3 heterocycles. The number of thiophene rings is 1. The van der Waals surface area contributed by atoms with E-state index < -0.39 is 4.92 Å². The maximum atomic E-state index is 13.6. The zero-order valence-corrected chi connectivity index (χ0v) is 18.9. The van der Waals surface area contributed by atoms with Gasteiger partial charge in [0, 0.05) is 22.6 Å². The van der Waals surface area contributed by atoms with Crippen LogP contribution in [0.5, 0.6) is 0 Å². The van der Waals surface area contributed by atoms with Crippen molar-refractivity contribution in [3.8, 4) is 0 Å². The fourth-order valence-electron chi connectivity index (χ4n) is 4.60. The van der Waals surface area contributed by atoms with Gasteiger partial charge in [0.15, 0.2) is 4.80 Å². The van der Waals surface area contributed by atoms with E-state index in [-0.39, 0.29) is 17.3 Å². The average Bonchev–Trinajstić information content (AvgIpc) is 3.46. The van der Waals surface area contributed by atoms with E-state index in [2.05, 4.69) is 24.3 Å². The van der Waals surface area contributed by atoms with Gasteiger partial charge in [-0.3, -0.25) is 19.5 Å². The van der Waals surface area contributed by atoms with Crippen LogP contribution in [0.4, 0.5) is 5.69 Å². The number of nitro benzene ring substituents is 1. The molecule has 0 saturated carbocycles. The Morgan fingerprint density at radius 3 is 2.79 bits per heavy atom. The van der Waals surface area contributed by atoms with Gasteiger partial charge < -0.3 is 0 Å². The summed E-state index contributed by atoms with van der Waals surface area (Å²) in [5.41, 5.74) is 5.06. The quantitative estimate of drug-likeness (QED) is 0.330. The van der Waals surface area contributed by atoms with E-state index in [4.69, 9.17) is 4.99 Å². The van der Waals surface area contributed by atoms with Crippen molar-refractivity contribution in [3.63, 3.8) is 0 Å². The Bertz CT molecular complexity index is 1630. The minimum absolute atomic E-state index is 0.0000545. The highest BCUT2D eigenvalue weighted by atomic mass is 32.1. The van der Waals surface area contributed by atoms with Crippen LogP contribution >= 0.6 is 22.7 Å². The third kappa shape index (κ3) is 3.30. The predicted molar refractivity (Wildman–Crippen MR) is 130 cm³/mol. The molecule has 6 rings (SSSR count). The molecule has 0 fully saturated rings. The van der Waals surface area contributed by atoms with E-state index in [0.29, 0.717) is 14.9 Å². The zero-order valence-electron chi connectivity index (χ0n) is 17.3. The largest absolute Gasteiger partial charge is 0.271 e. The van der Waals surface area contributed by atoms with Gasteiger partial charge in [-0.05, 0) is 47.1 Å². The van der Waals surface area contributed by atoms with Gasteiger partial charge >= 0.3 is 0 Å². The third-order valence-corrected chi connectivity index (χ3v) is 7.97. The zero-order chi connectivity index (χ0) is 22.5. The highest BCUT2D eigenvalue weighted by molar-refractivity contribution is 7.10. The first-order valence-electron chi connectivity index (χ1n) is 10.5. The summed E-state index contributed by atoms with van der Waals surface area (Å²) in [6.07, 6.45) is 3.50. The second-order valence-corrected chi connectivity index (χ2v) is 9.97. The fraction of sp³-hybridized carbons (Fsp3) is 0.120. The van der Waals surface area contributed by atoms with Crippen LogP contribution in [0.15, 0.2) is 81.4 Å². The Hall–Kier alpha value is -3.62. The fourth-order valence-corrected chi connectivity index (χ4v) is 6.45. The number of rotatable bonds is 3. The number of aryl methyl sites for hydroxylation is 1. The van der Waals surface area contributed by atoms with Crippen molar-refractivity contribution >= 4 is 40.1 Å². The van der Waals surface area contributed by atoms with Gasteiger partial charge in [-0.15, -0.1) is 11.3 Å². The van der Waals surface area contributed by atoms with Crippen molar-refractivity contribution in [1.82, 2.24) is 4.57 Å². The molecule has 0 amide bonds. The number of allylic oxidation sites excluding steroid dienone is 1. The Balaban J connectivity index is 1.60. The Kier molecular flexibility index (Phi) is 4.70. The number of hydrogen-bond donors (Lipinski definition) is 0. The van der Waals surface area contributed by atoms with Crippen LogP contribution in [-0.4, -0.2) is 9.49 Å². The molecule has 1 atom stereocenters. The average molecular weight is 472 g/mol. The molecule has 8 heteroatoms. The molecule has 0 spiro atoms. The molecule has 2 aromatic heterocycles. The molecule has 0 radical (unpaired) electrons. The first-order chi connectivity index (χ1) is 16.1. The summed E-state index contributed by atoms with van der Waals surface area (Å²) in [4.78, 5) is 31.1. The Labute approximate surface area is 196 Å². The molecule has 4 aromatic rings. The van der Waals surface area contributed by atoms with Gasteiger partial charge in [-0.2, -0.15) is 0 Å². The van der Waals surface area contributed by atoms with E-state index in [1.807, 2.05) is 17.5 Å². The molecule has 0 N–H and O–H groups in total. The number of thiazole rings is 1. The number of benzene rings is 2. The number of aromatic nitrogens is 1. The van der Waals surface area contributed by atoms with E-state index in [0.717, 1.165) is 29.0 Å². The summed E-state index contributed by atoms with van der Waals surface area (Å²) < 4.78 is 2.32. The molecule has 162 valence electrons. The third-order valence-electron chi connectivity index (χ3n) is 6.06. The minimum atomic E-state index is -0.429. The lowest BCUT2D eigenvalue weighted by Crippen LogP contribution is -2.38. The summed E-state index contributed by atoms with van der Waals surface area (Å²) >= 11 is 2.97. The van der Waals surface area contributed by atoms with E-state index in [9.17, 15) is 14.9 Å². The maximum absolute atomic E-state index is 13.6. The highest BCUT2D eigenvalue weighted by Crippen LogP contribution is 2.42. The van der Waals surface area contributed by atoms with Crippen LogP contribution < -0.4 is 14.9 Å². The van der Waals surface area contributed by atoms with Crippen LogP contribution in [0.3, 0.4) is 0 Å². The van der Waals surface area contributed by atoms with Gasteiger partial charge in [-0.1, -0.05) is 53.8 Å². The normalized spacial score (nSPS) is 17.2. The predicted octanol–water partition coefficient (Wildman–Crippen LogP) is 4.29. The topological polar surface area (TPSA) is 77.5 Å². The smallest absolute Gasteiger partial charge is 0.271 e. The molecule has 2 aliphatic rings. The molecule has 6 nitrogen and oxygen atoms in total. The molecular weight excluding hydrogens is 454 g/mol. The van der Waals surface area contributed by atoms with Crippen LogP contribution in [0.2, 0.25) is 0 Å². The summed E-state index contributed by atoms with van der Waals surface area (Å²) in [5, 5.41) is 13.2. The van der Waals surface area contributed by atoms with Crippen LogP contribution in [0, 0.1) is 10.1 Å². The molecular formula is C25H17N3O3S2. The second-order valence-electron chi connectivity index (χ2n) is 7.98. The second kappa shape index (κ2) is 7.75. The van der Waals surface area contributed by atoms with Gasteiger partial charge in [0.05, 0.1) is 21.2 Å². The number of fused-ring (bicyclic) bond motifs is 3. The Morgan fingerprint density at radius 1 is 1.09 bits per heavy atom. The van der Waals surface area contributed by atoms with Gasteiger partial charge in [0.2, 0.25) is 0 Å². The number of hydrogen-bond acceptors (Lipinski definition) is 6. The summed E-state index contributed by atoms with van der Waals surface area (Å²) in [6, 6.07) is 18.6. The van der Waals surface area contributed by atoms with Crippen molar-refractivity contribution in [2.45, 2.75) is 18.9 Å². The lowest BCUT2D eigenvalue weighted by atomic mass is 9.85. The van der Waals surface area contributed by atoms with E-state index >= 15 is 0 Å². The van der Waals surface area contributed by atoms with Crippen LogP contribution in [0.25, 0.3) is 11.8 Å². The van der Waals surface area contributed by atoms with Crippen molar-refractivity contribution in [3.05, 3.63) is 123 Å². The SMILES string of the molecule is O=c1/c(=C\c2cccc([N+](=O)[O-])c2)sc2n1[C@@H](c1cccs1)C1=C(N=2)c2ccccc2CC1. The van der Waals surface area contributed by atoms with E-state index in [1.165, 1.54) is 34.6 Å². The summed E-state index contributed by atoms with van der Waals surface area (Å²) in [7, 11) is 0. The first kappa shape index (κ1) is 20.0. The lowest BCUT2D eigenvalue weighted by Gasteiger charge is -2.30. The summed E-state index contributed by atoms with van der Waals surface area (Å²) in [6.45, 7) is 0. The van der Waals surface area contributed by atoms with Crippen molar-refractivity contribution in [1.29, 1.82) is 0 Å². The lowest BCUT2D eigenvalue weighted by molar-refractivity contribution is -0.384. The molecule has 0 unspecified atom stereocenters. The standard InChI is InChI=1S/C25H17N3O3S2/c29-24-21(14-15-5-3-7-17(13-15)28(30)31)33-25-26-22-18-8-2-1-6-16(18)10-11-19(22)23(27(24)25)20-9-4-12-32-20/h1-9,12-14,23H,10-11H2/b21-14+/t23-/m1/s1. The molecule has 1 aliphatic heterocycles. The highest BCUT2D eigenvalue weighted by Gasteiger charge is 2.32. The number of nitro groups is 1. The van der Waals surface area contributed by atoms with Crippen molar-refractivity contribution in [2.75, 3.05) is 0 Å². The minimum Gasteiger partial charge on any atom is -0.271 e. The van der Waals surface area contributed by atoms with Crippen molar-refractivity contribution in [2.24, 2.45) is 4.99 Å². The molecule has 33 heavy (non-hydrogen) atoms. The molecule has 2 aromatic carbocycles. The molecule has 0 bridgehead atoms. The van der Waals surface area contributed by atoms with Gasteiger partial charge in [0.1, 0.15) is 0 Å². The number of non-ortho nitro benzene ring substituents is 1. The molecule has 0 saturated heterocycles. The monoisotopic (exact) mass is 471 g/mol. The van der Waals surface area contributed by atoms with Crippen molar-refractivity contribution < 1.29 is 4.92 Å². The maximum Gasteiger partial charge on any atom is 0.271 e. The van der Waals surface area contributed by atoms with Gasteiger partial charge in [-0.25, -0.2) is 4.99 Å². The van der Waals surface area contributed by atoms with Crippen LogP contribution in [0.1, 0.15) is 34.0 Å². The molecule has 1 aliphatic carbocycles. The van der Waals surface area contributed by atoms with Crippen LogP contribution in [-0.2, 0) is 6.42 Å². The Morgan fingerprint density at radius 2 is 1.97 bits per heavy atom. The van der Waals surface area contributed by atoms with E-state index in [1.54, 1.807) is 34.1 Å².